The summed E-state index contributed by atoms with van der Waals surface area (Å²) >= 11 is 11.6. The number of ether oxygens (including phenoxy) is 1. The minimum Gasteiger partial charge on any atom is -0.501 e. The molecule has 1 unspecified atom stereocenters. The minimum atomic E-state index is -0.996. The van der Waals surface area contributed by atoms with E-state index < -0.39 is 17.6 Å². The Morgan fingerprint density at radius 3 is 2.56 bits per heavy atom. The highest BCUT2D eigenvalue weighted by molar-refractivity contribution is 6.35. The second-order valence-electron chi connectivity index (χ2n) is 3.24. The lowest BCUT2D eigenvalue weighted by atomic mass is 10.1. The number of benzene rings is 1. The summed E-state index contributed by atoms with van der Waals surface area (Å²) in [7, 11) is 0. The number of aliphatic hydroxyl groups excluding tert-OH is 1. The van der Waals surface area contributed by atoms with Gasteiger partial charge in [-0.1, -0.05) is 29.3 Å². The van der Waals surface area contributed by atoms with Crippen LogP contribution in [0.3, 0.4) is 0 Å². The topological polar surface area (TPSA) is 72.5 Å². The zero-order chi connectivity index (χ0) is 11.9. The van der Waals surface area contributed by atoms with Crippen LogP contribution in [0.15, 0.2) is 29.8 Å². The Balaban J connectivity index is 2.38. The molecule has 0 bridgehead atoms. The smallest absolute Gasteiger partial charge is 0.247 e. The van der Waals surface area contributed by atoms with Gasteiger partial charge < -0.3 is 15.6 Å². The molecule has 1 aromatic rings. The maximum absolute atomic E-state index is 11.5. The maximum Gasteiger partial charge on any atom is 0.247 e. The first-order valence-corrected chi connectivity index (χ1v) is 5.11. The maximum atomic E-state index is 11.5. The summed E-state index contributed by atoms with van der Waals surface area (Å²) in [5, 5.41) is 9.99. The van der Waals surface area contributed by atoms with Crippen molar-refractivity contribution in [1.82, 2.24) is 0 Å². The molecule has 0 aromatic heterocycles. The van der Waals surface area contributed by atoms with Gasteiger partial charge >= 0.3 is 0 Å². The third-order valence-corrected chi connectivity index (χ3v) is 2.76. The number of Topliss-reactive ketones (excluding diaryl/α,β-unsaturated/α-hetero) is 1. The molecular formula is C10H7Cl2NO3. The van der Waals surface area contributed by atoms with Crippen LogP contribution >= 0.6 is 23.2 Å². The van der Waals surface area contributed by atoms with Crippen LogP contribution in [0.2, 0.25) is 10.0 Å². The van der Waals surface area contributed by atoms with E-state index in [0.29, 0.717) is 10.6 Å². The lowest BCUT2D eigenvalue weighted by molar-refractivity contribution is -0.123. The van der Waals surface area contributed by atoms with Crippen molar-refractivity contribution >= 4 is 29.0 Å². The monoisotopic (exact) mass is 259 g/mol. The van der Waals surface area contributed by atoms with Crippen LogP contribution in [0.4, 0.5) is 0 Å². The molecule has 3 N–H and O–H groups in total. The van der Waals surface area contributed by atoms with Crippen molar-refractivity contribution in [2.45, 2.75) is 6.10 Å². The number of halogens is 2. The van der Waals surface area contributed by atoms with E-state index in [-0.39, 0.29) is 10.9 Å². The van der Waals surface area contributed by atoms with Gasteiger partial charge in [-0.05, 0) is 12.1 Å². The number of hydrogen-bond donors (Lipinski definition) is 2. The Morgan fingerprint density at radius 2 is 2.06 bits per heavy atom. The number of aliphatic hydroxyl groups is 1. The highest BCUT2D eigenvalue weighted by Gasteiger charge is 2.36. The van der Waals surface area contributed by atoms with Gasteiger partial charge in [0.15, 0.2) is 6.10 Å². The first-order chi connectivity index (χ1) is 7.50. The van der Waals surface area contributed by atoms with Gasteiger partial charge in [0.1, 0.15) is 0 Å². The Labute approximate surface area is 101 Å². The van der Waals surface area contributed by atoms with Gasteiger partial charge in [0.05, 0.1) is 0 Å². The summed E-state index contributed by atoms with van der Waals surface area (Å²) in [6.07, 6.45) is -0.996. The molecule has 4 nitrogen and oxygen atoms in total. The predicted octanol–water partition coefficient (Wildman–Crippen LogP) is 2.32. The van der Waals surface area contributed by atoms with Crippen LogP contribution in [0.1, 0.15) is 11.7 Å². The molecule has 0 radical (unpaired) electrons. The molecule has 16 heavy (non-hydrogen) atoms. The first kappa shape index (κ1) is 11.1. The fraction of sp³-hybridized carbons (Fsp3) is 0.100. The molecule has 0 saturated heterocycles. The number of carbonyl (C=O) groups excluding carboxylic acids is 1. The van der Waals surface area contributed by atoms with Crippen molar-refractivity contribution < 1.29 is 14.6 Å². The number of ketones is 1. The molecule has 1 aliphatic heterocycles. The lowest BCUT2D eigenvalue weighted by Gasteiger charge is -2.11. The number of hydrogen-bond acceptors (Lipinski definition) is 4. The van der Waals surface area contributed by atoms with Crippen molar-refractivity contribution in [1.29, 1.82) is 0 Å². The highest BCUT2D eigenvalue weighted by atomic mass is 35.5. The van der Waals surface area contributed by atoms with Gasteiger partial charge in [0, 0.05) is 15.6 Å². The van der Waals surface area contributed by atoms with Crippen LogP contribution in [-0.2, 0) is 9.53 Å². The number of carbonyl (C=O) groups is 1. The van der Waals surface area contributed by atoms with E-state index in [1.54, 1.807) is 12.1 Å². The molecule has 84 valence electrons. The van der Waals surface area contributed by atoms with Crippen molar-refractivity contribution in [3.05, 3.63) is 45.5 Å². The van der Waals surface area contributed by atoms with Crippen molar-refractivity contribution in [2.24, 2.45) is 5.73 Å². The Kier molecular flexibility index (Phi) is 2.69. The quantitative estimate of drug-likeness (QED) is 0.812. The van der Waals surface area contributed by atoms with Gasteiger partial charge in [-0.3, -0.25) is 4.79 Å². The Morgan fingerprint density at radius 1 is 1.38 bits per heavy atom. The van der Waals surface area contributed by atoms with E-state index in [0.717, 1.165) is 0 Å². The molecule has 2 rings (SSSR count). The molecule has 0 saturated carbocycles. The predicted molar refractivity (Wildman–Crippen MR) is 59.1 cm³/mol. The zero-order valence-corrected chi connectivity index (χ0v) is 9.42. The van der Waals surface area contributed by atoms with Crippen LogP contribution in [0.5, 0.6) is 0 Å². The average Bonchev–Trinajstić information content (AvgIpc) is 2.46. The molecule has 6 heteroatoms. The zero-order valence-electron chi connectivity index (χ0n) is 7.91. The van der Waals surface area contributed by atoms with Gasteiger partial charge in [-0.25, -0.2) is 0 Å². The highest BCUT2D eigenvalue weighted by Crippen LogP contribution is 2.34. The van der Waals surface area contributed by atoms with Crippen LogP contribution in [0.25, 0.3) is 0 Å². The molecule has 1 heterocycles. The summed E-state index contributed by atoms with van der Waals surface area (Å²) in [5.74, 6) is -1.47. The fourth-order valence-electron chi connectivity index (χ4n) is 1.40. The molecule has 1 atom stereocenters. The number of rotatable bonds is 1. The molecule has 0 aliphatic carbocycles. The van der Waals surface area contributed by atoms with Gasteiger partial charge in [0.2, 0.25) is 17.4 Å². The number of nitrogens with two attached hydrogens (primary N) is 1. The standard InChI is InChI=1S/C10H7Cl2NO3/c11-4-1-2-5(6(12)3-4)9-7(14)8(15)10(13)16-9/h1-3,9,15H,13H2. The summed E-state index contributed by atoms with van der Waals surface area (Å²) in [6, 6.07) is 4.62. The van der Waals surface area contributed by atoms with Gasteiger partial charge in [-0.15, -0.1) is 0 Å². The largest absolute Gasteiger partial charge is 0.501 e. The second kappa shape index (κ2) is 3.88. The SMILES string of the molecule is NC1=C(O)C(=O)C(c2ccc(Cl)cc2Cl)O1. The van der Waals surface area contributed by atoms with Crippen molar-refractivity contribution in [3.63, 3.8) is 0 Å². The molecule has 0 fully saturated rings. The van der Waals surface area contributed by atoms with Gasteiger partial charge in [0.25, 0.3) is 0 Å². The first-order valence-electron chi connectivity index (χ1n) is 4.35. The second-order valence-corrected chi connectivity index (χ2v) is 4.08. The molecular weight excluding hydrogens is 253 g/mol. The summed E-state index contributed by atoms with van der Waals surface area (Å²) in [6.45, 7) is 0. The van der Waals surface area contributed by atoms with E-state index in [4.69, 9.17) is 33.7 Å². The van der Waals surface area contributed by atoms with E-state index in [2.05, 4.69) is 0 Å². The minimum absolute atomic E-state index is 0.286. The molecule has 1 aliphatic rings. The van der Waals surface area contributed by atoms with E-state index >= 15 is 0 Å². The molecule has 0 spiro atoms. The third-order valence-electron chi connectivity index (χ3n) is 2.19. The van der Waals surface area contributed by atoms with Crippen LogP contribution in [-0.4, -0.2) is 10.9 Å². The lowest BCUT2D eigenvalue weighted by Crippen LogP contribution is -2.10. The Bertz CT molecular complexity index is 499. The average molecular weight is 260 g/mol. The fourth-order valence-corrected chi connectivity index (χ4v) is 1.91. The van der Waals surface area contributed by atoms with E-state index in [9.17, 15) is 9.90 Å². The molecule has 0 amide bonds. The third kappa shape index (κ3) is 1.70. The van der Waals surface area contributed by atoms with Crippen molar-refractivity contribution in [3.8, 4) is 0 Å². The van der Waals surface area contributed by atoms with Gasteiger partial charge in [-0.2, -0.15) is 0 Å². The normalized spacial score (nSPS) is 20.1. The molecule has 1 aromatic carbocycles. The Hall–Kier alpha value is -1.39. The summed E-state index contributed by atoms with van der Waals surface area (Å²) < 4.78 is 5.02. The summed E-state index contributed by atoms with van der Waals surface area (Å²) in [5.41, 5.74) is 5.71. The van der Waals surface area contributed by atoms with Crippen LogP contribution < -0.4 is 5.73 Å². The summed E-state index contributed by atoms with van der Waals surface area (Å²) in [4.78, 5) is 11.5. The van der Waals surface area contributed by atoms with Crippen LogP contribution in [0, 0.1) is 0 Å². The van der Waals surface area contributed by atoms with E-state index in [1.807, 2.05) is 0 Å². The van der Waals surface area contributed by atoms with E-state index in [1.165, 1.54) is 6.07 Å². The van der Waals surface area contributed by atoms with Crippen molar-refractivity contribution in [2.75, 3.05) is 0 Å².